The van der Waals surface area contributed by atoms with Gasteiger partial charge >= 0.3 is 0 Å². The van der Waals surface area contributed by atoms with Gasteiger partial charge < -0.3 is 20.4 Å². The molecule has 3 rings (SSSR count). The lowest BCUT2D eigenvalue weighted by molar-refractivity contribution is 0.104. The maximum atomic E-state index is 13.0. The van der Waals surface area contributed by atoms with Crippen LogP contribution in [0.4, 0.5) is 4.39 Å². The number of phenols is 3. The van der Waals surface area contributed by atoms with Gasteiger partial charge in [0, 0.05) is 11.6 Å². The number of allylic oxidation sites excluding steroid dienone is 1. The number of rotatable bonds is 5. The first-order chi connectivity index (χ1) is 13.3. The number of aromatic nitrogens is 3. The Bertz CT molecular complexity index is 1050. The highest BCUT2D eigenvalue weighted by atomic mass is 19.1. The monoisotopic (exact) mass is 385 g/mol. The van der Waals surface area contributed by atoms with Crippen molar-refractivity contribution in [1.82, 2.24) is 15.0 Å². The first-order valence-electron chi connectivity index (χ1n) is 8.11. The van der Waals surface area contributed by atoms with E-state index in [0.717, 1.165) is 23.8 Å². The molecule has 4 N–H and O–H groups in total. The molecule has 8 nitrogen and oxygen atoms in total. The molecular formula is C19H16FN3O5. The lowest BCUT2D eigenvalue weighted by atomic mass is 10.1. The minimum absolute atomic E-state index is 0.000818. The molecule has 0 unspecified atom stereocenters. The minimum atomic E-state index is -0.734. The average molecular weight is 385 g/mol. The Kier molecular flexibility index (Phi) is 4.99. The predicted octanol–water partition coefficient (Wildman–Crippen LogP) is 2.67. The van der Waals surface area contributed by atoms with E-state index in [-0.39, 0.29) is 23.6 Å². The first-order valence-corrected chi connectivity index (χ1v) is 8.11. The lowest BCUT2D eigenvalue weighted by Crippen LogP contribution is -2.05. The summed E-state index contributed by atoms with van der Waals surface area (Å²) in [5.74, 6) is -3.58. The molecule has 0 bridgehead atoms. The van der Waals surface area contributed by atoms with Gasteiger partial charge in [-0.1, -0.05) is 17.3 Å². The molecule has 2 aromatic carbocycles. The summed E-state index contributed by atoms with van der Waals surface area (Å²) < 4.78 is 14.5. The normalized spacial score (nSPS) is 11.6. The summed E-state index contributed by atoms with van der Waals surface area (Å²) in [5, 5.41) is 46.2. The van der Waals surface area contributed by atoms with E-state index in [1.165, 1.54) is 16.8 Å². The van der Waals surface area contributed by atoms with Gasteiger partial charge in [-0.2, -0.15) is 0 Å². The molecule has 1 aromatic heterocycles. The maximum absolute atomic E-state index is 13.0. The van der Waals surface area contributed by atoms with Gasteiger partial charge in [0.25, 0.3) is 0 Å². The Morgan fingerprint density at radius 1 is 1.14 bits per heavy atom. The van der Waals surface area contributed by atoms with Crippen molar-refractivity contribution in [1.29, 1.82) is 0 Å². The number of halogens is 1. The number of nitrogens with zero attached hydrogens (tertiary/aromatic N) is 3. The Balaban J connectivity index is 1.84. The number of hydrogen-bond donors (Lipinski definition) is 4. The second-order valence-electron chi connectivity index (χ2n) is 6.06. The van der Waals surface area contributed by atoms with Crippen LogP contribution >= 0.6 is 0 Å². The third-order valence-electron chi connectivity index (χ3n) is 4.09. The molecule has 3 aromatic rings. The molecular weight excluding hydrogens is 369 g/mol. The summed E-state index contributed by atoms with van der Waals surface area (Å²) >= 11 is 0. The van der Waals surface area contributed by atoms with Crippen molar-refractivity contribution in [2.75, 3.05) is 0 Å². The highest BCUT2D eigenvalue weighted by Crippen LogP contribution is 2.37. The molecule has 0 amide bonds. The lowest BCUT2D eigenvalue weighted by Gasteiger charge is -2.05. The van der Waals surface area contributed by atoms with Gasteiger partial charge in [0.05, 0.1) is 12.2 Å². The van der Waals surface area contributed by atoms with Crippen LogP contribution in [-0.4, -0.2) is 41.2 Å². The second kappa shape index (κ2) is 7.39. The topological polar surface area (TPSA) is 129 Å². The number of carbonyl (C=O) groups is 1. The van der Waals surface area contributed by atoms with Crippen molar-refractivity contribution < 1.29 is 29.6 Å². The quantitative estimate of drug-likeness (QED) is 0.230. The Morgan fingerprint density at radius 3 is 2.36 bits per heavy atom. The molecule has 0 aliphatic heterocycles. The standard InChI is InChI=1S/C19H16FN3O5/c1-10-18(21-22-23(10)9-11-2-4-13(20)5-3-11)15(25)8-14(24)12-6-16(26)19(28)17(27)7-12/h2-8,24,26-28H,9H2,1H3/b14-8-. The molecule has 0 spiro atoms. The van der Waals surface area contributed by atoms with Crippen molar-refractivity contribution in [3.05, 3.63) is 70.8 Å². The Labute approximate surface area is 158 Å². The summed E-state index contributed by atoms with van der Waals surface area (Å²) in [5.41, 5.74) is 1.13. The van der Waals surface area contributed by atoms with Crippen LogP contribution < -0.4 is 0 Å². The van der Waals surface area contributed by atoms with Gasteiger partial charge in [-0.25, -0.2) is 9.07 Å². The number of aliphatic hydroxyl groups is 1. The first kappa shape index (κ1) is 18.9. The van der Waals surface area contributed by atoms with Gasteiger partial charge in [-0.3, -0.25) is 4.79 Å². The number of aromatic hydroxyl groups is 3. The van der Waals surface area contributed by atoms with Crippen LogP contribution in [0.2, 0.25) is 0 Å². The van der Waals surface area contributed by atoms with Gasteiger partial charge in [0.1, 0.15) is 11.6 Å². The summed E-state index contributed by atoms with van der Waals surface area (Å²) in [7, 11) is 0. The SMILES string of the molecule is Cc1c(C(=O)/C=C(\O)c2cc(O)c(O)c(O)c2)nnn1Cc1ccc(F)cc1. The molecule has 0 fully saturated rings. The molecule has 1 heterocycles. The van der Waals surface area contributed by atoms with Gasteiger partial charge in [-0.05, 0) is 36.8 Å². The number of phenolic OH excluding ortho intramolecular Hbond substituents is 3. The fourth-order valence-electron chi connectivity index (χ4n) is 2.53. The van der Waals surface area contributed by atoms with Gasteiger partial charge in [-0.15, -0.1) is 5.10 Å². The highest BCUT2D eigenvalue weighted by Gasteiger charge is 2.17. The van der Waals surface area contributed by atoms with Crippen molar-refractivity contribution in [2.24, 2.45) is 0 Å². The summed E-state index contributed by atoms with van der Waals surface area (Å²) in [6.45, 7) is 1.90. The highest BCUT2D eigenvalue weighted by molar-refractivity contribution is 6.07. The van der Waals surface area contributed by atoms with Crippen molar-refractivity contribution in [3.63, 3.8) is 0 Å². The Morgan fingerprint density at radius 2 is 1.75 bits per heavy atom. The molecule has 0 saturated heterocycles. The van der Waals surface area contributed by atoms with Gasteiger partial charge in [0.15, 0.2) is 22.9 Å². The van der Waals surface area contributed by atoms with E-state index in [0.29, 0.717) is 5.69 Å². The zero-order chi connectivity index (χ0) is 20.4. The molecule has 0 atom stereocenters. The van der Waals surface area contributed by atoms with Crippen LogP contribution in [0, 0.1) is 12.7 Å². The second-order valence-corrected chi connectivity index (χ2v) is 6.06. The van der Waals surface area contributed by atoms with Crippen molar-refractivity contribution >= 4 is 11.5 Å². The summed E-state index contributed by atoms with van der Waals surface area (Å²) in [6, 6.07) is 7.80. The number of carbonyl (C=O) groups excluding carboxylic acids is 1. The number of benzene rings is 2. The predicted molar refractivity (Wildman–Crippen MR) is 96.6 cm³/mol. The van der Waals surface area contributed by atoms with Gasteiger partial charge in [0.2, 0.25) is 5.78 Å². The van der Waals surface area contributed by atoms with Crippen LogP contribution in [0.5, 0.6) is 17.2 Å². The van der Waals surface area contributed by atoms with Crippen LogP contribution in [0.1, 0.15) is 27.3 Å². The zero-order valence-corrected chi connectivity index (χ0v) is 14.7. The summed E-state index contributed by atoms with van der Waals surface area (Å²) in [6.07, 6.45) is 0.866. The third-order valence-corrected chi connectivity index (χ3v) is 4.09. The number of aliphatic hydroxyl groups excluding tert-OH is 1. The van der Waals surface area contributed by atoms with Crippen LogP contribution in [-0.2, 0) is 6.54 Å². The van der Waals surface area contributed by atoms with E-state index in [9.17, 15) is 29.6 Å². The van der Waals surface area contributed by atoms with Crippen LogP contribution in [0.25, 0.3) is 5.76 Å². The van der Waals surface area contributed by atoms with Crippen LogP contribution in [0.3, 0.4) is 0 Å². The largest absolute Gasteiger partial charge is 0.507 e. The average Bonchev–Trinajstić information content (AvgIpc) is 3.01. The van der Waals surface area contributed by atoms with Crippen molar-refractivity contribution in [2.45, 2.75) is 13.5 Å². The fraction of sp³-hybridized carbons (Fsp3) is 0.105. The van der Waals surface area contributed by atoms with E-state index in [4.69, 9.17) is 0 Å². The number of ketones is 1. The van der Waals surface area contributed by atoms with E-state index < -0.39 is 28.8 Å². The van der Waals surface area contributed by atoms with Crippen LogP contribution in [0.15, 0.2) is 42.5 Å². The molecule has 144 valence electrons. The molecule has 9 heteroatoms. The Hall–Kier alpha value is -3.88. The third kappa shape index (κ3) is 3.78. The molecule has 0 saturated carbocycles. The molecule has 0 aliphatic carbocycles. The smallest absolute Gasteiger partial charge is 0.211 e. The maximum Gasteiger partial charge on any atom is 0.211 e. The fourth-order valence-corrected chi connectivity index (χ4v) is 2.53. The minimum Gasteiger partial charge on any atom is -0.507 e. The van der Waals surface area contributed by atoms with E-state index >= 15 is 0 Å². The van der Waals surface area contributed by atoms with E-state index in [2.05, 4.69) is 10.3 Å². The number of hydrogen-bond acceptors (Lipinski definition) is 7. The van der Waals surface area contributed by atoms with E-state index in [1.807, 2.05) is 0 Å². The summed E-state index contributed by atoms with van der Waals surface area (Å²) in [4.78, 5) is 12.4. The molecule has 0 aliphatic rings. The van der Waals surface area contributed by atoms with E-state index in [1.54, 1.807) is 19.1 Å². The molecule has 0 radical (unpaired) electrons. The van der Waals surface area contributed by atoms with Crippen molar-refractivity contribution in [3.8, 4) is 17.2 Å². The zero-order valence-electron chi connectivity index (χ0n) is 14.7. The molecule has 28 heavy (non-hydrogen) atoms.